The lowest BCUT2D eigenvalue weighted by Gasteiger charge is -2.38. The molecule has 9 heteroatoms. The second kappa shape index (κ2) is 9.30. The topological polar surface area (TPSA) is 109 Å². The minimum absolute atomic E-state index is 0.0323. The van der Waals surface area contributed by atoms with Crippen LogP contribution in [0.5, 0.6) is 5.88 Å². The summed E-state index contributed by atoms with van der Waals surface area (Å²) in [5.41, 5.74) is 1.11. The number of rotatable bonds is 6. The zero-order valence-corrected chi connectivity index (χ0v) is 18.9. The minimum Gasteiger partial charge on any atom is -0.480 e. The average molecular weight is 457 g/mol. The number of thiophene rings is 1. The van der Waals surface area contributed by atoms with E-state index in [1.54, 1.807) is 17.7 Å². The number of nitrogens with zero attached hydrogens (tertiary/aromatic N) is 4. The molecule has 8 nitrogen and oxygen atoms in total. The molecule has 0 radical (unpaired) electrons. The van der Waals surface area contributed by atoms with Gasteiger partial charge in [-0.15, -0.1) is 11.3 Å². The van der Waals surface area contributed by atoms with E-state index >= 15 is 0 Å². The number of morpholine rings is 1. The standard InChI is InChI=1S/C23H28N4O4S/c24-12-15(23(28)29)11-14-1-6-18-19(14)20-21(25-13-26-22(20)32-18)31-17-4-2-16(3-5-17)27-7-9-30-10-8-27/h13-17H,1-11H2,(H,28,29)/t14-,15?,16?,17?/m1/s1. The highest BCUT2D eigenvalue weighted by Gasteiger charge is 2.34. The number of aromatic nitrogens is 2. The predicted molar refractivity (Wildman–Crippen MR) is 119 cm³/mol. The summed E-state index contributed by atoms with van der Waals surface area (Å²) in [6.07, 6.45) is 8.00. The normalized spacial score (nSPS) is 27.0. The van der Waals surface area contributed by atoms with Crippen LogP contribution >= 0.6 is 11.3 Å². The fraction of sp³-hybridized carbons (Fsp3) is 0.652. The van der Waals surface area contributed by atoms with Crippen molar-refractivity contribution in [3.05, 3.63) is 16.8 Å². The summed E-state index contributed by atoms with van der Waals surface area (Å²) in [4.78, 5) is 25.1. The van der Waals surface area contributed by atoms with Crippen LogP contribution in [0, 0.1) is 17.2 Å². The molecule has 1 aliphatic heterocycles. The van der Waals surface area contributed by atoms with E-state index < -0.39 is 11.9 Å². The third kappa shape index (κ3) is 4.19. The zero-order valence-electron chi connectivity index (χ0n) is 18.0. The van der Waals surface area contributed by atoms with Gasteiger partial charge >= 0.3 is 5.97 Å². The Hall–Kier alpha value is -2.28. The number of fused-ring (bicyclic) bond motifs is 3. The van der Waals surface area contributed by atoms with Crippen LogP contribution in [0.1, 0.15) is 54.9 Å². The van der Waals surface area contributed by atoms with E-state index in [1.165, 1.54) is 4.88 Å². The van der Waals surface area contributed by atoms with Gasteiger partial charge in [-0.3, -0.25) is 9.69 Å². The molecule has 2 aromatic rings. The van der Waals surface area contributed by atoms with Gasteiger partial charge in [0.2, 0.25) is 5.88 Å². The number of aryl methyl sites for hydroxylation is 1. The number of carbonyl (C=O) groups is 1. The molecular formula is C23H28N4O4S. The zero-order chi connectivity index (χ0) is 22.1. The van der Waals surface area contributed by atoms with Crippen molar-refractivity contribution >= 4 is 27.5 Å². The minimum atomic E-state index is -1.05. The van der Waals surface area contributed by atoms with E-state index in [2.05, 4.69) is 14.9 Å². The molecule has 2 fully saturated rings. The summed E-state index contributed by atoms with van der Waals surface area (Å²) in [5.74, 6) is -1.39. The second-order valence-electron chi connectivity index (χ2n) is 8.99. The maximum Gasteiger partial charge on any atom is 0.320 e. The molecule has 2 aromatic heterocycles. The Morgan fingerprint density at radius 3 is 2.78 bits per heavy atom. The van der Waals surface area contributed by atoms with Gasteiger partial charge in [-0.05, 0) is 56.4 Å². The van der Waals surface area contributed by atoms with Gasteiger partial charge in [-0.1, -0.05) is 0 Å². The number of hydrogen-bond donors (Lipinski definition) is 1. The van der Waals surface area contributed by atoms with Crippen molar-refractivity contribution in [3.63, 3.8) is 0 Å². The fourth-order valence-electron chi connectivity index (χ4n) is 5.49. The van der Waals surface area contributed by atoms with Crippen molar-refractivity contribution in [1.82, 2.24) is 14.9 Å². The predicted octanol–water partition coefficient (Wildman–Crippen LogP) is 3.36. The summed E-state index contributed by atoms with van der Waals surface area (Å²) in [7, 11) is 0. The molecule has 2 aliphatic carbocycles. The lowest BCUT2D eigenvalue weighted by molar-refractivity contribution is -0.140. The monoisotopic (exact) mass is 456 g/mol. The Balaban J connectivity index is 1.32. The summed E-state index contributed by atoms with van der Waals surface area (Å²) in [6, 6.07) is 2.55. The summed E-state index contributed by atoms with van der Waals surface area (Å²) >= 11 is 1.65. The summed E-state index contributed by atoms with van der Waals surface area (Å²) < 4.78 is 11.9. The van der Waals surface area contributed by atoms with Crippen molar-refractivity contribution in [2.45, 2.75) is 63.0 Å². The van der Waals surface area contributed by atoms with Crippen LogP contribution < -0.4 is 4.74 Å². The number of hydrogen-bond acceptors (Lipinski definition) is 8. The van der Waals surface area contributed by atoms with Gasteiger partial charge in [-0.25, -0.2) is 9.97 Å². The number of carboxylic acid groups (broad SMARTS) is 1. The molecule has 32 heavy (non-hydrogen) atoms. The van der Waals surface area contributed by atoms with Crippen molar-refractivity contribution in [1.29, 1.82) is 5.26 Å². The third-order valence-corrected chi connectivity index (χ3v) is 8.33. The van der Waals surface area contributed by atoms with Crippen molar-refractivity contribution in [2.24, 2.45) is 5.92 Å². The molecule has 5 rings (SSSR count). The van der Waals surface area contributed by atoms with Crippen molar-refractivity contribution in [2.75, 3.05) is 26.3 Å². The van der Waals surface area contributed by atoms with E-state index in [-0.39, 0.29) is 12.0 Å². The SMILES string of the molecule is N#CC(C[C@H]1CCc2sc3ncnc(OC4CCC(N5CCOCC5)CC4)c3c21)C(=O)O. The van der Waals surface area contributed by atoms with Gasteiger partial charge < -0.3 is 14.6 Å². The Morgan fingerprint density at radius 2 is 2.06 bits per heavy atom. The molecule has 0 aromatic carbocycles. The van der Waals surface area contributed by atoms with Crippen molar-refractivity contribution < 1.29 is 19.4 Å². The van der Waals surface area contributed by atoms with Crippen LogP contribution in [0.4, 0.5) is 0 Å². The molecular weight excluding hydrogens is 428 g/mol. The molecule has 3 aliphatic rings. The van der Waals surface area contributed by atoms with E-state index in [0.717, 1.165) is 80.6 Å². The lowest BCUT2D eigenvalue weighted by Crippen LogP contribution is -2.46. The number of ether oxygens (including phenoxy) is 2. The van der Waals surface area contributed by atoms with Crippen molar-refractivity contribution in [3.8, 4) is 11.9 Å². The van der Waals surface area contributed by atoms with Crippen LogP contribution in [0.15, 0.2) is 6.33 Å². The first-order chi connectivity index (χ1) is 15.6. The largest absolute Gasteiger partial charge is 0.480 e. The van der Waals surface area contributed by atoms with Crippen LogP contribution in [-0.4, -0.2) is 64.4 Å². The Bertz CT molecular complexity index is 1020. The second-order valence-corrected chi connectivity index (χ2v) is 10.1. The lowest BCUT2D eigenvalue weighted by atomic mass is 9.90. The Kier molecular flexibility index (Phi) is 6.26. The summed E-state index contributed by atoms with van der Waals surface area (Å²) in [5, 5.41) is 19.6. The van der Waals surface area contributed by atoms with Crippen LogP contribution in [-0.2, 0) is 16.0 Å². The molecule has 170 valence electrons. The fourth-order valence-corrected chi connectivity index (χ4v) is 6.72. The first-order valence-electron chi connectivity index (χ1n) is 11.5. The summed E-state index contributed by atoms with van der Waals surface area (Å²) in [6.45, 7) is 3.69. The van der Waals surface area contributed by atoms with Crippen LogP contribution in [0.25, 0.3) is 10.2 Å². The first kappa shape index (κ1) is 21.6. The van der Waals surface area contributed by atoms with Gasteiger partial charge in [0.1, 0.15) is 23.2 Å². The Labute approximate surface area is 191 Å². The maximum absolute atomic E-state index is 11.4. The molecule has 0 amide bonds. The quantitative estimate of drug-likeness (QED) is 0.705. The van der Waals surface area contributed by atoms with E-state index in [0.29, 0.717) is 18.3 Å². The first-order valence-corrected chi connectivity index (χ1v) is 12.3. The van der Waals surface area contributed by atoms with Gasteiger partial charge in [0.15, 0.2) is 0 Å². The molecule has 2 atom stereocenters. The highest BCUT2D eigenvalue weighted by molar-refractivity contribution is 7.19. The number of nitriles is 1. The molecule has 0 spiro atoms. The molecule has 0 bridgehead atoms. The molecule has 1 saturated heterocycles. The molecule has 1 saturated carbocycles. The van der Waals surface area contributed by atoms with Gasteiger partial charge in [0.05, 0.1) is 24.7 Å². The van der Waals surface area contributed by atoms with Gasteiger partial charge in [0.25, 0.3) is 0 Å². The smallest absolute Gasteiger partial charge is 0.320 e. The number of aliphatic carboxylic acids is 1. The van der Waals surface area contributed by atoms with E-state index in [1.807, 2.05) is 6.07 Å². The maximum atomic E-state index is 11.4. The highest BCUT2D eigenvalue weighted by atomic mass is 32.1. The van der Waals surface area contributed by atoms with E-state index in [9.17, 15) is 15.2 Å². The van der Waals surface area contributed by atoms with Gasteiger partial charge in [-0.2, -0.15) is 5.26 Å². The van der Waals surface area contributed by atoms with Crippen LogP contribution in [0.2, 0.25) is 0 Å². The Morgan fingerprint density at radius 1 is 1.28 bits per heavy atom. The van der Waals surface area contributed by atoms with Crippen LogP contribution in [0.3, 0.4) is 0 Å². The average Bonchev–Trinajstić information content (AvgIpc) is 3.38. The molecule has 1 N–H and O–H groups in total. The third-order valence-electron chi connectivity index (χ3n) is 7.15. The highest BCUT2D eigenvalue weighted by Crippen LogP contribution is 2.48. The van der Waals surface area contributed by atoms with E-state index in [4.69, 9.17) is 9.47 Å². The molecule has 1 unspecified atom stereocenters. The number of carboxylic acids is 1. The molecule has 3 heterocycles. The van der Waals surface area contributed by atoms with Gasteiger partial charge in [0, 0.05) is 24.0 Å².